The zero-order valence-corrected chi connectivity index (χ0v) is 12.6. The molecule has 1 aromatic rings. The van der Waals surface area contributed by atoms with E-state index in [-0.39, 0.29) is 10.5 Å². The first-order valence-electron chi connectivity index (χ1n) is 6.33. The number of hydrogen-bond donors (Lipinski definition) is 1. The van der Waals surface area contributed by atoms with Crippen LogP contribution in [0.5, 0.6) is 0 Å². The molecule has 0 saturated carbocycles. The van der Waals surface area contributed by atoms with Crippen molar-refractivity contribution in [1.29, 1.82) is 5.26 Å². The molecular formula is C14H20N2O2S. The van der Waals surface area contributed by atoms with Crippen molar-refractivity contribution >= 4 is 10.0 Å². The number of nitrogens with one attached hydrogen (secondary N) is 1. The van der Waals surface area contributed by atoms with Crippen molar-refractivity contribution in [2.24, 2.45) is 0 Å². The molecule has 0 aromatic heterocycles. The lowest BCUT2D eigenvalue weighted by atomic mass is 9.98. The molecule has 0 radical (unpaired) electrons. The normalized spacial score (nSPS) is 12.2. The third kappa shape index (κ3) is 3.34. The van der Waals surface area contributed by atoms with E-state index in [2.05, 4.69) is 4.72 Å². The van der Waals surface area contributed by atoms with E-state index in [9.17, 15) is 8.42 Å². The van der Waals surface area contributed by atoms with Gasteiger partial charge in [-0.1, -0.05) is 26.0 Å². The van der Waals surface area contributed by atoms with Crippen LogP contribution in [-0.4, -0.2) is 14.0 Å². The molecule has 0 fully saturated rings. The van der Waals surface area contributed by atoms with E-state index in [1.807, 2.05) is 26.8 Å². The summed E-state index contributed by atoms with van der Waals surface area (Å²) in [5, 5.41) is 9.13. The zero-order valence-electron chi connectivity index (χ0n) is 11.8. The second-order valence-corrected chi connectivity index (χ2v) is 6.58. The molecule has 1 rings (SSSR count). The highest BCUT2D eigenvalue weighted by atomic mass is 32.2. The van der Waals surface area contributed by atoms with Gasteiger partial charge < -0.3 is 0 Å². The highest BCUT2D eigenvalue weighted by Gasteiger charge is 2.29. The van der Waals surface area contributed by atoms with Crippen LogP contribution in [0, 0.1) is 18.3 Å². The lowest BCUT2D eigenvalue weighted by Crippen LogP contribution is -2.45. The highest BCUT2D eigenvalue weighted by molar-refractivity contribution is 7.89. The van der Waals surface area contributed by atoms with Crippen molar-refractivity contribution < 1.29 is 8.42 Å². The molecule has 0 aliphatic heterocycles. The fourth-order valence-corrected chi connectivity index (χ4v) is 3.56. The summed E-state index contributed by atoms with van der Waals surface area (Å²) in [7, 11) is -3.68. The van der Waals surface area contributed by atoms with Crippen molar-refractivity contribution in [2.75, 3.05) is 0 Å². The number of sulfonamides is 1. The molecule has 0 heterocycles. The van der Waals surface area contributed by atoms with Crippen LogP contribution in [0.25, 0.3) is 0 Å². The van der Waals surface area contributed by atoms with E-state index in [0.717, 1.165) is 0 Å². The molecule has 0 aliphatic carbocycles. The Morgan fingerprint density at radius 3 is 2.37 bits per heavy atom. The van der Waals surface area contributed by atoms with Gasteiger partial charge in [-0.2, -0.15) is 5.26 Å². The molecule has 0 spiro atoms. The van der Waals surface area contributed by atoms with Crippen molar-refractivity contribution in [3.05, 3.63) is 29.3 Å². The van der Waals surface area contributed by atoms with Gasteiger partial charge in [0.2, 0.25) is 10.0 Å². The van der Waals surface area contributed by atoms with Crippen molar-refractivity contribution in [3.63, 3.8) is 0 Å². The SMILES string of the molecule is CCC(C)(CC)NS(=O)(=O)c1cccc(C)c1C#N. The quantitative estimate of drug-likeness (QED) is 0.901. The second kappa shape index (κ2) is 5.72. The van der Waals surface area contributed by atoms with Crippen LogP contribution in [0.1, 0.15) is 44.7 Å². The molecule has 5 heteroatoms. The summed E-state index contributed by atoms with van der Waals surface area (Å²) in [6.07, 6.45) is 1.38. The lowest BCUT2D eigenvalue weighted by molar-refractivity contribution is 0.388. The van der Waals surface area contributed by atoms with E-state index < -0.39 is 15.6 Å². The summed E-state index contributed by atoms with van der Waals surface area (Å²) in [6.45, 7) is 7.48. The molecule has 104 valence electrons. The van der Waals surface area contributed by atoms with Gasteiger partial charge in [-0.05, 0) is 38.3 Å². The minimum atomic E-state index is -3.68. The third-order valence-corrected chi connectivity index (χ3v) is 5.26. The number of nitrogens with zero attached hydrogens (tertiary/aromatic N) is 1. The fourth-order valence-electron chi connectivity index (χ4n) is 1.78. The van der Waals surface area contributed by atoms with E-state index in [4.69, 9.17) is 5.26 Å². The maximum absolute atomic E-state index is 12.4. The molecule has 4 nitrogen and oxygen atoms in total. The first-order valence-corrected chi connectivity index (χ1v) is 7.81. The average Bonchev–Trinajstić information content (AvgIpc) is 2.37. The van der Waals surface area contributed by atoms with Crippen LogP contribution in [0.4, 0.5) is 0 Å². The molecule has 0 bridgehead atoms. The summed E-state index contributed by atoms with van der Waals surface area (Å²) in [6, 6.07) is 6.83. The van der Waals surface area contributed by atoms with Crippen molar-refractivity contribution in [2.45, 2.75) is 51.0 Å². The third-order valence-electron chi connectivity index (χ3n) is 3.58. The zero-order chi connectivity index (χ0) is 14.7. The minimum absolute atomic E-state index is 0.0584. The summed E-state index contributed by atoms with van der Waals surface area (Å²) in [5.41, 5.74) is 0.389. The Morgan fingerprint density at radius 2 is 1.89 bits per heavy atom. The van der Waals surface area contributed by atoms with Gasteiger partial charge in [0.05, 0.1) is 5.56 Å². The van der Waals surface area contributed by atoms with Crippen LogP contribution in [-0.2, 0) is 10.0 Å². The minimum Gasteiger partial charge on any atom is -0.207 e. The van der Waals surface area contributed by atoms with Crippen molar-refractivity contribution in [1.82, 2.24) is 4.72 Å². The Bertz CT molecular complexity index is 596. The van der Waals surface area contributed by atoms with Gasteiger partial charge in [-0.3, -0.25) is 0 Å². The van der Waals surface area contributed by atoms with Gasteiger partial charge in [0.25, 0.3) is 0 Å². The molecule has 0 aliphatic rings. The molecule has 0 unspecified atom stereocenters. The predicted molar refractivity (Wildman–Crippen MR) is 75.2 cm³/mol. The first kappa shape index (κ1) is 15.7. The van der Waals surface area contributed by atoms with E-state index in [0.29, 0.717) is 18.4 Å². The molecule has 0 atom stereocenters. The number of hydrogen-bond acceptors (Lipinski definition) is 3. The van der Waals surface area contributed by atoms with Crippen LogP contribution >= 0.6 is 0 Å². The number of nitriles is 1. The number of aryl methyl sites for hydroxylation is 1. The van der Waals surface area contributed by atoms with Gasteiger partial charge in [-0.25, -0.2) is 13.1 Å². The average molecular weight is 280 g/mol. The highest BCUT2D eigenvalue weighted by Crippen LogP contribution is 2.22. The largest absolute Gasteiger partial charge is 0.242 e. The fraction of sp³-hybridized carbons (Fsp3) is 0.500. The van der Waals surface area contributed by atoms with Crippen molar-refractivity contribution in [3.8, 4) is 6.07 Å². The molecule has 1 N–H and O–H groups in total. The maximum Gasteiger partial charge on any atom is 0.242 e. The Hall–Kier alpha value is -1.38. The summed E-state index contributed by atoms with van der Waals surface area (Å²) in [5.74, 6) is 0. The molecular weight excluding hydrogens is 260 g/mol. The Morgan fingerprint density at radius 1 is 1.32 bits per heavy atom. The van der Waals surface area contributed by atoms with Gasteiger partial charge in [0.1, 0.15) is 11.0 Å². The Labute approximate surface area is 115 Å². The van der Waals surface area contributed by atoms with Crippen LogP contribution in [0.2, 0.25) is 0 Å². The standard InChI is InChI=1S/C14H20N2O2S/c1-5-14(4,6-2)16-19(17,18)13-9-7-8-11(3)12(13)10-15/h7-9,16H,5-6H2,1-4H3. The molecule has 0 amide bonds. The maximum atomic E-state index is 12.4. The number of rotatable bonds is 5. The van der Waals surface area contributed by atoms with Crippen LogP contribution < -0.4 is 4.72 Å². The van der Waals surface area contributed by atoms with E-state index in [1.54, 1.807) is 19.1 Å². The van der Waals surface area contributed by atoms with E-state index in [1.165, 1.54) is 6.07 Å². The van der Waals surface area contributed by atoms with Gasteiger partial charge in [0, 0.05) is 5.54 Å². The Kier molecular flexibility index (Phi) is 4.72. The Balaban J connectivity index is 3.30. The summed E-state index contributed by atoms with van der Waals surface area (Å²) < 4.78 is 27.6. The van der Waals surface area contributed by atoms with E-state index >= 15 is 0 Å². The van der Waals surface area contributed by atoms with Gasteiger partial charge in [-0.15, -0.1) is 0 Å². The first-order chi connectivity index (χ1) is 8.79. The lowest BCUT2D eigenvalue weighted by Gasteiger charge is -2.28. The summed E-state index contributed by atoms with van der Waals surface area (Å²) >= 11 is 0. The predicted octanol–water partition coefficient (Wildman–Crippen LogP) is 2.72. The van der Waals surface area contributed by atoms with Crippen LogP contribution in [0.3, 0.4) is 0 Å². The smallest absolute Gasteiger partial charge is 0.207 e. The van der Waals surface area contributed by atoms with Gasteiger partial charge in [0.15, 0.2) is 0 Å². The monoisotopic (exact) mass is 280 g/mol. The molecule has 0 saturated heterocycles. The van der Waals surface area contributed by atoms with Gasteiger partial charge >= 0.3 is 0 Å². The topological polar surface area (TPSA) is 70.0 Å². The molecule has 1 aromatic carbocycles. The second-order valence-electron chi connectivity index (χ2n) is 4.93. The van der Waals surface area contributed by atoms with Crippen LogP contribution in [0.15, 0.2) is 23.1 Å². The molecule has 19 heavy (non-hydrogen) atoms. The number of benzene rings is 1. The summed E-state index contributed by atoms with van der Waals surface area (Å²) in [4.78, 5) is 0.0584.